The summed E-state index contributed by atoms with van der Waals surface area (Å²) in [4.78, 5) is 17.5. The van der Waals surface area contributed by atoms with Crippen molar-refractivity contribution in [3.8, 4) is 0 Å². The lowest BCUT2D eigenvalue weighted by atomic mass is 9.97. The predicted molar refractivity (Wildman–Crippen MR) is 107 cm³/mol. The zero-order valence-corrected chi connectivity index (χ0v) is 16.5. The normalized spacial score (nSPS) is 21.6. The summed E-state index contributed by atoms with van der Waals surface area (Å²) in [6, 6.07) is 8.10. The molecule has 0 aromatic heterocycles. The van der Waals surface area contributed by atoms with Crippen LogP contribution in [0.1, 0.15) is 50.5 Å². The molecule has 0 saturated carbocycles. The molecule has 2 saturated heterocycles. The average Bonchev–Trinajstić information content (AvgIpc) is 2.63. The quantitative estimate of drug-likeness (QED) is 0.742. The first-order valence-corrected chi connectivity index (χ1v) is 9.86. The van der Waals surface area contributed by atoms with Gasteiger partial charge in [-0.3, -0.25) is 4.79 Å². The molecular weight excluding hydrogens is 355 g/mol. The van der Waals surface area contributed by atoms with Crippen LogP contribution in [0.2, 0.25) is 5.02 Å². The van der Waals surface area contributed by atoms with Gasteiger partial charge in [0.25, 0.3) is 0 Å². The van der Waals surface area contributed by atoms with Crippen molar-refractivity contribution >= 4 is 29.9 Å². The van der Waals surface area contributed by atoms with Crippen molar-refractivity contribution in [1.82, 2.24) is 9.80 Å². The van der Waals surface area contributed by atoms with Crippen molar-refractivity contribution in [3.05, 3.63) is 34.9 Å². The van der Waals surface area contributed by atoms with Crippen LogP contribution in [-0.2, 0) is 11.2 Å². The summed E-state index contributed by atoms with van der Waals surface area (Å²) >= 11 is 5.94. The second kappa shape index (κ2) is 10.4. The third kappa shape index (κ3) is 6.16. The van der Waals surface area contributed by atoms with Crippen molar-refractivity contribution in [2.45, 2.75) is 57.4 Å². The van der Waals surface area contributed by atoms with E-state index in [0.29, 0.717) is 12.5 Å². The zero-order chi connectivity index (χ0) is 16.8. The smallest absolute Gasteiger partial charge is 0.227 e. The second-order valence-electron chi connectivity index (χ2n) is 7.23. The SMILES string of the molecule is Cl.O=C(Cc1ccc(Cl)cc1)N1CCCCC1CCN1CCCCC1. The fourth-order valence-corrected chi connectivity index (χ4v) is 4.15. The van der Waals surface area contributed by atoms with Gasteiger partial charge in [-0.15, -0.1) is 12.4 Å². The number of halogens is 2. The minimum Gasteiger partial charge on any atom is -0.339 e. The van der Waals surface area contributed by atoms with Crippen LogP contribution < -0.4 is 0 Å². The Morgan fingerprint density at radius 3 is 2.40 bits per heavy atom. The summed E-state index contributed by atoms with van der Waals surface area (Å²) in [6.45, 7) is 4.56. The van der Waals surface area contributed by atoms with Crippen molar-refractivity contribution in [1.29, 1.82) is 0 Å². The summed E-state index contributed by atoms with van der Waals surface area (Å²) in [6.07, 6.45) is 9.26. The van der Waals surface area contributed by atoms with Gasteiger partial charge in [-0.2, -0.15) is 0 Å². The Bertz CT molecular complexity index is 529. The molecule has 0 aliphatic carbocycles. The van der Waals surface area contributed by atoms with E-state index in [2.05, 4.69) is 9.80 Å². The van der Waals surface area contributed by atoms with Crippen LogP contribution in [0.5, 0.6) is 0 Å². The van der Waals surface area contributed by atoms with E-state index in [0.717, 1.165) is 36.5 Å². The Kier molecular flexibility index (Phi) is 8.54. The highest BCUT2D eigenvalue weighted by atomic mass is 35.5. The maximum atomic E-state index is 12.8. The van der Waals surface area contributed by atoms with Crippen molar-refractivity contribution < 1.29 is 4.79 Å². The fourth-order valence-electron chi connectivity index (χ4n) is 4.02. The number of benzene rings is 1. The Morgan fingerprint density at radius 2 is 1.68 bits per heavy atom. The lowest BCUT2D eigenvalue weighted by Gasteiger charge is -2.37. The van der Waals surface area contributed by atoms with E-state index < -0.39 is 0 Å². The molecule has 5 heteroatoms. The number of likely N-dealkylation sites (tertiary alicyclic amines) is 2. The molecule has 3 nitrogen and oxygen atoms in total. The van der Waals surface area contributed by atoms with Crippen LogP contribution in [-0.4, -0.2) is 47.9 Å². The molecule has 0 spiro atoms. The highest BCUT2D eigenvalue weighted by molar-refractivity contribution is 6.30. The Balaban J connectivity index is 0.00000225. The molecule has 1 aromatic rings. The van der Waals surface area contributed by atoms with Gasteiger partial charge in [-0.25, -0.2) is 0 Å². The van der Waals surface area contributed by atoms with Crippen LogP contribution in [0.25, 0.3) is 0 Å². The number of hydrogen-bond acceptors (Lipinski definition) is 2. The predicted octanol–water partition coefficient (Wildman–Crippen LogP) is 4.56. The van der Waals surface area contributed by atoms with Crippen LogP contribution in [0, 0.1) is 0 Å². The molecule has 1 atom stereocenters. The average molecular weight is 385 g/mol. The molecule has 1 aromatic carbocycles. The number of piperidine rings is 2. The van der Waals surface area contributed by atoms with Gasteiger partial charge in [0.05, 0.1) is 6.42 Å². The largest absolute Gasteiger partial charge is 0.339 e. The topological polar surface area (TPSA) is 23.6 Å². The molecule has 3 rings (SSSR count). The molecule has 2 heterocycles. The maximum absolute atomic E-state index is 12.8. The van der Waals surface area contributed by atoms with Crippen LogP contribution in [0.3, 0.4) is 0 Å². The van der Waals surface area contributed by atoms with E-state index in [1.54, 1.807) is 0 Å². The maximum Gasteiger partial charge on any atom is 0.227 e. The third-order valence-electron chi connectivity index (χ3n) is 5.44. The molecule has 2 aliphatic heterocycles. The summed E-state index contributed by atoms with van der Waals surface area (Å²) in [7, 11) is 0. The lowest BCUT2D eigenvalue weighted by Crippen LogP contribution is -2.46. The molecule has 0 radical (unpaired) electrons. The highest BCUT2D eigenvalue weighted by Crippen LogP contribution is 2.22. The first-order valence-electron chi connectivity index (χ1n) is 9.48. The molecule has 1 unspecified atom stereocenters. The minimum absolute atomic E-state index is 0. The molecule has 0 bridgehead atoms. The fraction of sp³-hybridized carbons (Fsp3) is 0.650. The molecule has 2 fully saturated rings. The van der Waals surface area contributed by atoms with E-state index in [9.17, 15) is 4.79 Å². The summed E-state index contributed by atoms with van der Waals surface area (Å²) < 4.78 is 0. The lowest BCUT2D eigenvalue weighted by molar-refractivity contribution is -0.134. The van der Waals surface area contributed by atoms with Crippen molar-refractivity contribution in [2.24, 2.45) is 0 Å². The third-order valence-corrected chi connectivity index (χ3v) is 5.70. The van der Waals surface area contributed by atoms with Gasteiger partial charge < -0.3 is 9.80 Å². The van der Waals surface area contributed by atoms with Gasteiger partial charge in [0, 0.05) is 24.2 Å². The summed E-state index contributed by atoms with van der Waals surface area (Å²) in [5.74, 6) is 0.278. The number of carbonyl (C=O) groups is 1. The molecule has 140 valence electrons. The number of hydrogen-bond donors (Lipinski definition) is 0. The van der Waals surface area contributed by atoms with Crippen LogP contribution in [0.4, 0.5) is 0 Å². The van der Waals surface area contributed by atoms with Crippen LogP contribution >= 0.6 is 24.0 Å². The number of carbonyl (C=O) groups excluding carboxylic acids is 1. The Labute approximate surface area is 163 Å². The first-order chi connectivity index (χ1) is 11.7. The molecule has 25 heavy (non-hydrogen) atoms. The number of rotatable bonds is 5. The monoisotopic (exact) mass is 384 g/mol. The Morgan fingerprint density at radius 1 is 1.00 bits per heavy atom. The molecule has 1 amide bonds. The summed E-state index contributed by atoms with van der Waals surface area (Å²) in [5.41, 5.74) is 1.06. The van der Waals surface area contributed by atoms with E-state index in [4.69, 9.17) is 11.6 Å². The van der Waals surface area contributed by atoms with Crippen molar-refractivity contribution in [3.63, 3.8) is 0 Å². The molecular formula is C20H30Cl2N2O. The highest BCUT2D eigenvalue weighted by Gasteiger charge is 2.27. The van der Waals surface area contributed by atoms with Gasteiger partial charge in [0.15, 0.2) is 0 Å². The standard InChI is InChI=1S/C20H29ClN2O.ClH/c21-18-9-7-17(8-10-18)16-20(24)23-14-5-2-6-19(23)11-15-22-12-3-1-4-13-22;/h7-10,19H,1-6,11-16H2;1H. The molecule has 0 N–H and O–H groups in total. The summed E-state index contributed by atoms with van der Waals surface area (Å²) in [5, 5.41) is 0.726. The molecule has 2 aliphatic rings. The van der Waals surface area contributed by atoms with E-state index in [1.807, 2.05) is 24.3 Å². The van der Waals surface area contributed by atoms with Gasteiger partial charge in [0.2, 0.25) is 5.91 Å². The van der Waals surface area contributed by atoms with Crippen molar-refractivity contribution in [2.75, 3.05) is 26.2 Å². The number of amides is 1. The van der Waals surface area contributed by atoms with E-state index >= 15 is 0 Å². The second-order valence-corrected chi connectivity index (χ2v) is 7.67. The minimum atomic E-state index is 0. The van der Waals surface area contributed by atoms with E-state index in [1.165, 1.54) is 45.2 Å². The van der Waals surface area contributed by atoms with Gasteiger partial charge in [-0.1, -0.05) is 30.2 Å². The van der Waals surface area contributed by atoms with E-state index in [-0.39, 0.29) is 18.3 Å². The number of nitrogens with zero attached hydrogens (tertiary/aromatic N) is 2. The zero-order valence-electron chi connectivity index (χ0n) is 15.0. The van der Waals surface area contributed by atoms with Gasteiger partial charge in [0.1, 0.15) is 0 Å². The Hall–Kier alpha value is -0.770. The first kappa shape index (κ1) is 20.5. The van der Waals surface area contributed by atoms with Crippen LogP contribution in [0.15, 0.2) is 24.3 Å². The van der Waals surface area contributed by atoms with Gasteiger partial charge >= 0.3 is 0 Å². The van der Waals surface area contributed by atoms with Gasteiger partial charge in [-0.05, 0) is 69.3 Å².